The summed E-state index contributed by atoms with van der Waals surface area (Å²) in [6.45, 7) is 0. The fraction of sp³-hybridized carbons (Fsp3) is 0. The maximum atomic E-state index is 12.2. The van der Waals surface area contributed by atoms with Crippen LogP contribution in [-0.2, 0) is 4.79 Å². The first kappa shape index (κ1) is 13.7. The zero-order valence-corrected chi connectivity index (χ0v) is 12.3. The average molecular weight is 313 g/mol. The van der Waals surface area contributed by atoms with E-state index in [4.69, 9.17) is 11.6 Å². The highest BCUT2D eigenvalue weighted by molar-refractivity contribution is 8.08. The molecule has 1 N–H and O–H groups in total. The summed E-state index contributed by atoms with van der Waals surface area (Å²) in [5, 5.41) is 12.7. The summed E-state index contributed by atoms with van der Waals surface area (Å²) in [6, 6.07) is 16.6. The third kappa shape index (κ3) is 2.66. The molecule has 1 aliphatic rings. The number of hydrogen-bond donors (Lipinski definition) is 1. The summed E-state index contributed by atoms with van der Waals surface area (Å²) >= 11 is 7.30. The highest BCUT2D eigenvalue weighted by Crippen LogP contribution is 2.42. The molecule has 2 aromatic rings. The second kappa shape index (κ2) is 5.65. The first-order valence-corrected chi connectivity index (χ1v) is 7.37. The molecular formula is C16H9ClN2OS. The first-order valence-electron chi connectivity index (χ1n) is 6.17. The molecule has 0 atom stereocenters. The molecule has 0 saturated heterocycles. The number of hydrogen-bond acceptors (Lipinski definition) is 3. The van der Waals surface area contributed by atoms with Crippen LogP contribution >= 0.6 is 23.4 Å². The number of carbonyl (C=O) groups is 1. The van der Waals surface area contributed by atoms with Crippen LogP contribution in [0.5, 0.6) is 0 Å². The lowest BCUT2D eigenvalue weighted by molar-refractivity contribution is -0.112. The van der Waals surface area contributed by atoms with Gasteiger partial charge in [-0.25, -0.2) is 0 Å². The van der Waals surface area contributed by atoms with Gasteiger partial charge in [-0.05, 0) is 29.8 Å². The van der Waals surface area contributed by atoms with E-state index in [0.29, 0.717) is 15.6 Å². The lowest BCUT2D eigenvalue weighted by Crippen LogP contribution is -2.13. The molecular weight excluding hydrogens is 304 g/mol. The molecule has 1 amide bonds. The van der Waals surface area contributed by atoms with Crippen LogP contribution in [-0.4, -0.2) is 5.91 Å². The number of halogens is 1. The lowest BCUT2D eigenvalue weighted by atomic mass is 10.1. The molecule has 21 heavy (non-hydrogen) atoms. The number of para-hydroxylation sites is 1. The Kier molecular flexibility index (Phi) is 3.70. The van der Waals surface area contributed by atoms with Gasteiger partial charge in [-0.1, -0.05) is 47.6 Å². The van der Waals surface area contributed by atoms with Crippen molar-refractivity contribution in [3.8, 4) is 6.07 Å². The van der Waals surface area contributed by atoms with Gasteiger partial charge in [-0.15, -0.1) is 0 Å². The Hall–Kier alpha value is -2.22. The summed E-state index contributed by atoms with van der Waals surface area (Å²) in [5.41, 5.74) is 1.62. The van der Waals surface area contributed by atoms with Gasteiger partial charge in [-0.3, -0.25) is 4.79 Å². The van der Waals surface area contributed by atoms with E-state index in [1.807, 2.05) is 42.5 Å². The summed E-state index contributed by atoms with van der Waals surface area (Å²) in [7, 11) is 0. The quantitative estimate of drug-likeness (QED) is 0.853. The predicted octanol–water partition coefficient (Wildman–Crippen LogP) is 4.32. The molecule has 1 aliphatic heterocycles. The maximum Gasteiger partial charge on any atom is 0.267 e. The number of thioether (sulfide) groups is 1. The Morgan fingerprint density at radius 2 is 1.81 bits per heavy atom. The van der Waals surface area contributed by atoms with Crippen LogP contribution in [0, 0.1) is 11.3 Å². The number of amides is 1. The third-order valence-electron chi connectivity index (χ3n) is 3.02. The van der Waals surface area contributed by atoms with Gasteiger partial charge in [-0.2, -0.15) is 5.26 Å². The Morgan fingerprint density at radius 1 is 1.10 bits per heavy atom. The van der Waals surface area contributed by atoms with Crippen molar-refractivity contribution in [1.29, 1.82) is 5.26 Å². The number of rotatable bonds is 1. The number of fused-ring (bicyclic) bond motifs is 1. The van der Waals surface area contributed by atoms with E-state index in [1.54, 1.807) is 12.1 Å². The second-order valence-electron chi connectivity index (χ2n) is 4.38. The number of anilines is 1. The number of nitrogens with zero attached hydrogens (tertiary/aromatic N) is 1. The molecule has 0 spiro atoms. The minimum absolute atomic E-state index is 0.110. The highest BCUT2D eigenvalue weighted by Gasteiger charge is 2.23. The van der Waals surface area contributed by atoms with Crippen LogP contribution in [0.15, 0.2) is 59.0 Å². The highest BCUT2D eigenvalue weighted by atomic mass is 35.5. The van der Waals surface area contributed by atoms with Gasteiger partial charge in [0.1, 0.15) is 11.6 Å². The topological polar surface area (TPSA) is 52.9 Å². The molecule has 0 fully saturated rings. The van der Waals surface area contributed by atoms with E-state index in [9.17, 15) is 10.1 Å². The molecule has 3 nitrogen and oxygen atoms in total. The fourth-order valence-corrected chi connectivity index (χ4v) is 3.23. The van der Waals surface area contributed by atoms with Crippen molar-refractivity contribution >= 4 is 39.9 Å². The van der Waals surface area contributed by atoms with Crippen LogP contribution < -0.4 is 5.32 Å². The van der Waals surface area contributed by atoms with E-state index in [0.717, 1.165) is 10.5 Å². The zero-order chi connectivity index (χ0) is 14.8. The molecule has 3 rings (SSSR count). The standard InChI is InChI=1S/C16H9ClN2OS/c17-11-7-5-10(6-8-11)15-12(9-18)16(20)19-13-3-1-2-4-14(13)21-15/h1-8H,(H,19,20). The summed E-state index contributed by atoms with van der Waals surface area (Å²) in [4.78, 5) is 13.8. The van der Waals surface area contributed by atoms with Crippen LogP contribution in [0.4, 0.5) is 5.69 Å². The summed E-state index contributed by atoms with van der Waals surface area (Å²) in [5.74, 6) is -0.389. The van der Waals surface area contributed by atoms with Gasteiger partial charge < -0.3 is 5.32 Å². The minimum atomic E-state index is -0.389. The first-order chi connectivity index (χ1) is 10.2. The SMILES string of the molecule is N#CC1=C(c2ccc(Cl)cc2)Sc2ccccc2NC1=O. The molecule has 102 valence electrons. The monoisotopic (exact) mass is 312 g/mol. The molecule has 0 aromatic heterocycles. The molecule has 0 radical (unpaired) electrons. The minimum Gasteiger partial charge on any atom is -0.320 e. The number of nitrogens with one attached hydrogen (secondary N) is 1. The number of benzene rings is 2. The van der Waals surface area contributed by atoms with Crippen LogP contribution in [0.2, 0.25) is 5.02 Å². The third-order valence-corrected chi connectivity index (χ3v) is 4.49. The van der Waals surface area contributed by atoms with Gasteiger partial charge in [0.25, 0.3) is 5.91 Å². The van der Waals surface area contributed by atoms with Crippen LogP contribution in [0.25, 0.3) is 4.91 Å². The van der Waals surface area contributed by atoms with E-state index in [-0.39, 0.29) is 11.5 Å². The van der Waals surface area contributed by atoms with E-state index < -0.39 is 0 Å². The average Bonchev–Trinajstić information content (AvgIpc) is 2.63. The van der Waals surface area contributed by atoms with Crippen molar-refractivity contribution in [2.75, 3.05) is 5.32 Å². The van der Waals surface area contributed by atoms with Crippen molar-refractivity contribution in [1.82, 2.24) is 0 Å². The molecule has 0 saturated carbocycles. The van der Waals surface area contributed by atoms with Crippen molar-refractivity contribution < 1.29 is 4.79 Å². The van der Waals surface area contributed by atoms with Crippen molar-refractivity contribution in [2.24, 2.45) is 0 Å². The van der Waals surface area contributed by atoms with Gasteiger partial charge in [0.2, 0.25) is 0 Å². The van der Waals surface area contributed by atoms with Crippen molar-refractivity contribution in [3.63, 3.8) is 0 Å². The summed E-state index contributed by atoms with van der Waals surface area (Å²) in [6.07, 6.45) is 0. The van der Waals surface area contributed by atoms with Gasteiger partial charge >= 0.3 is 0 Å². The van der Waals surface area contributed by atoms with Gasteiger partial charge in [0.15, 0.2) is 0 Å². The molecule has 2 aromatic carbocycles. The zero-order valence-electron chi connectivity index (χ0n) is 10.8. The molecule has 0 unspecified atom stereocenters. The number of nitriles is 1. The Bertz CT molecular complexity index is 791. The van der Waals surface area contributed by atoms with Gasteiger partial charge in [0.05, 0.1) is 5.69 Å². The predicted molar refractivity (Wildman–Crippen MR) is 84.9 cm³/mol. The molecule has 0 bridgehead atoms. The lowest BCUT2D eigenvalue weighted by Gasteiger charge is -2.07. The largest absolute Gasteiger partial charge is 0.320 e. The molecule has 0 aliphatic carbocycles. The van der Waals surface area contributed by atoms with Crippen molar-refractivity contribution in [2.45, 2.75) is 4.90 Å². The fourth-order valence-electron chi connectivity index (χ4n) is 2.01. The Balaban J connectivity index is 2.17. The van der Waals surface area contributed by atoms with E-state index in [2.05, 4.69) is 5.32 Å². The molecule has 5 heteroatoms. The van der Waals surface area contributed by atoms with Crippen LogP contribution in [0.3, 0.4) is 0 Å². The van der Waals surface area contributed by atoms with E-state index in [1.165, 1.54) is 11.8 Å². The second-order valence-corrected chi connectivity index (χ2v) is 5.86. The number of carbonyl (C=O) groups excluding carboxylic acids is 1. The maximum absolute atomic E-state index is 12.2. The molecule has 1 heterocycles. The van der Waals surface area contributed by atoms with E-state index >= 15 is 0 Å². The van der Waals surface area contributed by atoms with Crippen LogP contribution in [0.1, 0.15) is 5.56 Å². The Labute approximate surface area is 131 Å². The Morgan fingerprint density at radius 3 is 2.52 bits per heavy atom. The van der Waals surface area contributed by atoms with Gasteiger partial charge in [0, 0.05) is 14.8 Å². The normalized spacial score (nSPS) is 14.0. The summed E-state index contributed by atoms with van der Waals surface area (Å²) < 4.78 is 0. The smallest absolute Gasteiger partial charge is 0.267 e. The van der Waals surface area contributed by atoms with Crippen molar-refractivity contribution in [3.05, 3.63) is 64.7 Å².